The van der Waals surface area contributed by atoms with Crippen molar-refractivity contribution in [2.24, 2.45) is 0 Å². The Labute approximate surface area is 193 Å². The van der Waals surface area contributed by atoms with Crippen molar-refractivity contribution in [3.05, 3.63) is 42.4 Å². The monoisotopic (exact) mass is 467 g/mol. The average molecular weight is 467 g/mol. The molecule has 1 saturated carbocycles. The van der Waals surface area contributed by atoms with Crippen LogP contribution in [0.1, 0.15) is 35.7 Å². The number of carbonyl (C=O) groups excluding carboxylic acids is 1. The maximum atomic E-state index is 13.7. The highest BCUT2D eigenvalue weighted by atomic mass is 19.3. The molecule has 9 nitrogen and oxygen atoms in total. The first-order chi connectivity index (χ1) is 16.5. The summed E-state index contributed by atoms with van der Waals surface area (Å²) in [7, 11) is 1.75. The molecule has 1 amide bonds. The van der Waals surface area contributed by atoms with Gasteiger partial charge in [0.1, 0.15) is 17.0 Å². The molecular formula is C23H23F2N7O2. The van der Waals surface area contributed by atoms with Crippen molar-refractivity contribution in [1.29, 1.82) is 0 Å². The molecule has 34 heavy (non-hydrogen) atoms. The van der Waals surface area contributed by atoms with Crippen LogP contribution in [0, 0.1) is 0 Å². The molecule has 0 bridgehead atoms. The van der Waals surface area contributed by atoms with Gasteiger partial charge in [-0.2, -0.15) is 9.61 Å². The van der Waals surface area contributed by atoms with Crippen LogP contribution in [-0.4, -0.2) is 62.3 Å². The van der Waals surface area contributed by atoms with Crippen molar-refractivity contribution < 1.29 is 18.3 Å². The number of nitrogens with zero attached hydrogens (tertiary/aromatic N) is 5. The fraction of sp³-hybridized carbons (Fsp3) is 0.391. The van der Waals surface area contributed by atoms with E-state index in [0.717, 1.165) is 23.0 Å². The highest BCUT2D eigenvalue weighted by Gasteiger charge is 2.49. The predicted molar refractivity (Wildman–Crippen MR) is 121 cm³/mol. The third-order valence-corrected chi connectivity index (χ3v) is 6.72. The van der Waals surface area contributed by atoms with Gasteiger partial charge in [-0.25, -0.2) is 18.7 Å². The molecule has 4 aromatic rings. The third kappa shape index (κ3) is 3.22. The van der Waals surface area contributed by atoms with Gasteiger partial charge in [0.2, 0.25) is 0 Å². The number of amides is 1. The lowest BCUT2D eigenvalue weighted by Gasteiger charge is -2.36. The van der Waals surface area contributed by atoms with Gasteiger partial charge < -0.3 is 19.9 Å². The Hall–Kier alpha value is -3.60. The summed E-state index contributed by atoms with van der Waals surface area (Å²) in [5.41, 5.74) is 2.74. The molecule has 0 aromatic carbocycles. The number of halogens is 2. The van der Waals surface area contributed by atoms with Crippen LogP contribution in [0.4, 0.5) is 14.6 Å². The summed E-state index contributed by atoms with van der Waals surface area (Å²) < 4.78 is 36.6. The lowest BCUT2D eigenvalue weighted by molar-refractivity contribution is -0.102. The van der Waals surface area contributed by atoms with E-state index in [9.17, 15) is 13.6 Å². The summed E-state index contributed by atoms with van der Waals surface area (Å²) in [5, 5.41) is 10.7. The zero-order chi connectivity index (χ0) is 23.4. The fourth-order valence-electron chi connectivity index (χ4n) is 4.67. The van der Waals surface area contributed by atoms with Gasteiger partial charge in [-0.05, 0) is 25.0 Å². The number of anilines is 1. The van der Waals surface area contributed by atoms with Crippen LogP contribution >= 0.6 is 0 Å². The van der Waals surface area contributed by atoms with Gasteiger partial charge >= 0.3 is 0 Å². The van der Waals surface area contributed by atoms with Crippen molar-refractivity contribution in [2.75, 3.05) is 25.6 Å². The second-order valence-corrected chi connectivity index (χ2v) is 8.74. The Morgan fingerprint density at radius 2 is 2.18 bits per heavy atom. The normalized spacial score (nSPS) is 21.6. The predicted octanol–water partition coefficient (Wildman–Crippen LogP) is 3.28. The van der Waals surface area contributed by atoms with E-state index in [1.165, 1.54) is 10.7 Å². The van der Waals surface area contributed by atoms with Crippen molar-refractivity contribution in [2.45, 2.75) is 37.3 Å². The van der Waals surface area contributed by atoms with Crippen LogP contribution in [0.15, 0.2) is 36.8 Å². The van der Waals surface area contributed by atoms with Crippen LogP contribution in [0.3, 0.4) is 0 Å². The number of alkyl halides is 2. The Bertz CT molecular complexity index is 1410. The minimum atomic E-state index is -2.88. The highest BCUT2D eigenvalue weighted by Crippen LogP contribution is 2.38. The first-order valence-electron chi connectivity index (χ1n) is 11.2. The van der Waals surface area contributed by atoms with Crippen LogP contribution in [-0.2, 0) is 4.74 Å². The van der Waals surface area contributed by atoms with Crippen LogP contribution < -0.4 is 10.6 Å². The standard InChI is InChI=1S/C23H23F2N7O2/c1-26-19-9-17(16-11-31(13-5-8-34-12-13)20-14(16)3-2-7-27-20)29-21-15(10-28-32(19)21)22(33)30-18-4-6-23(18,24)25/h2-3,7,9-11,13,18,26H,4-6,8,12H2,1H3,(H,30,33)/t13-,18?/m0/s1. The molecule has 176 valence electrons. The highest BCUT2D eigenvalue weighted by molar-refractivity contribution is 6.01. The van der Waals surface area contributed by atoms with E-state index in [4.69, 9.17) is 9.72 Å². The second kappa shape index (κ2) is 7.73. The van der Waals surface area contributed by atoms with E-state index < -0.39 is 17.9 Å². The molecule has 11 heteroatoms. The first kappa shape index (κ1) is 21.0. The lowest BCUT2D eigenvalue weighted by Crippen LogP contribution is -2.55. The summed E-state index contributed by atoms with van der Waals surface area (Å²) in [4.78, 5) is 22.2. The van der Waals surface area contributed by atoms with Gasteiger partial charge in [0.05, 0.1) is 30.6 Å². The number of pyridine rings is 1. The summed E-state index contributed by atoms with van der Waals surface area (Å²) in [6, 6.07) is 4.71. The molecule has 6 rings (SSSR count). The van der Waals surface area contributed by atoms with Gasteiger partial charge in [0.15, 0.2) is 5.65 Å². The van der Waals surface area contributed by atoms with Gasteiger partial charge in [-0.15, -0.1) is 0 Å². The third-order valence-electron chi connectivity index (χ3n) is 6.72. The number of aromatic nitrogens is 5. The van der Waals surface area contributed by atoms with E-state index in [1.807, 2.05) is 24.4 Å². The van der Waals surface area contributed by atoms with Gasteiger partial charge in [-0.3, -0.25) is 4.79 Å². The number of hydrogen-bond acceptors (Lipinski definition) is 6. The minimum Gasteiger partial charge on any atom is -0.379 e. The second-order valence-electron chi connectivity index (χ2n) is 8.74. The van der Waals surface area contributed by atoms with Crippen molar-refractivity contribution >= 4 is 28.4 Å². The Kier molecular flexibility index (Phi) is 4.76. The molecule has 5 heterocycles. The summed E-state index contributed by atoms with van der Waals surface area (Å²) in [6.07, 6.45) is 6.05. The SMILES string of the molecule is CNc1cc(-c2cn([C@H]3CCOC3)c3ncccc23)nc2c(C(=O)NC3CCC3(F)F)cnn12. The Balaban J connectivity index is 1.46. The van der Waals surface area contributed by atoms with E-state index >= 15 is 0 Å². The van der Waals surface area contributed by atoms with Gasteiger partial charge in [0.25, 0.3) is 11.8 Å². The average Bonchev–Trinajstić information content (AvgIpc) is 3.59. The van der Waals surface area contributed by atoms with E-state index in [0.29, 0.717) is 24.7 Å². The number of ether oxygens (including phenoxy) is 1. The number of nitrogens with one attached hydrogen (secondary N) is 2. The van der Waals surface area contributed by atoms with E-state index in [2.05, 4.69) is 25.3 Å². The molecule has 1 unspecified atom stereocenters. The Morgan fingerprint density at radius 3 is 2.88 bits per heavy atom. The molecule has 1 aliphatic carbocycles. The van der Waals surface area contributed by atoms with E-state index in [-0.39, 0.29) is 30.1 Å². The number of hydrogen-bond donors (Lipinski definition) is 2. The molecule has 1 saturated heterocycles. The molecule has 2 N–H and O–H groups in total. The molecule has 0 spiro atoms. The molecular weight excluding hydrogens is 444 g/mol. The van der Waals surface area contributed by atoms with E-state index in [1.54, 1.807) is 13.2 Å². The zero-order valence-electron chi connectivity index (χ0n) is 18.5. The smallest absolute Gasteiger partial charge is 0.267 e. The minimum absolute atomic E-state index is 0.145. The number of rotatable bonds is 5. The number of carbonyl (C=O) groups is 1. The maximum absolute atomic E-state index is 13.7. The quantitative estimate of drug-likeness (QED) is 0.468. The largest absolute Gasteiger partial charge is 0.379 e. The fourth-order valence-corrected chi connectivity index (χ4v) is 4.67. The van der Waals surface area contributed by atoms with Crippen molar-refractivity contribution in [3.63, 3.8) is 0 Å². The molecule has 2 fully saturated rings. The lowest BCUT2D eigenvalue weighted by atomic mass is 9.88. The zero-order valence-corrected chi connectivity index (χ0v) is 18.5. The number of fused-ring (bicyclic) bond motifs is 2. The maximum Gasteiger partial charge on any atom is 0.267 e. The van der Waals surface area contributed by atoms with Crippen LogP contribution in [0.2, 0.25) is 0 Å². The molecule has 4 aromatic heterocycles. The van der Waals surface area contributed by atoms with Crippen LogP contribution in [0.5, 0.6) is 0 Å². The van der Waals surface area contributed by atoms with Crippen LogP contribution in [0.25, 0.3) is 27.9 Å². The summed E-state index contributed by atoms with van der Waals surface area (Å²) >= 11 is 0. The molecule has 2 aliphatic rings. The van der Waals surface area contributed by atoms with Crippen molar-refractivity contribution in [3.8, 4) is 11.3 Å². The summed E-state index contributed by atoms with van der Waals surface area (Å²) in [6.45, 7) is 1.32. The first-order valence-corrected chi connectivity index (χ1v) is 11.2. The van der Waals surface area contributed by atoms with Gasteiger partial charge in [-0.1, -0.05) is 0 Å². The molecule has 0 radical (unpaired) electrons. The Morgan fingerprint density at radius 1 is 1.29 bits per heavy atom. The molecule has 1 aliphatic heterocycles. The topological polar surface area (TPSA) is 98.4 Å². The van der Waals surface area contributed by atoms with Gasteiger partial charge in [0, 0.05) is 49.5 Å². The molecule has 2 atom stereocenters. The summed E-state index contributed by atoms with van der Waals surface area (Å²) in [5.74, 6) is -2.88. The van der Waals surface area contributed by atoms with Crippen molar-refractivity contribution in [1.82, 2.24) is 29.5 Å².